The minimum Gasteiger partial charge on any atom is -0.462 e. The fraction of sp³-hybridized carbons (Fsp3) is 0.750. The van der Waals surface area contributed by atoms with E-state index in [9.17, 15) is 19.5 Å². The number of hydrogen-bond donors (Lipinski definition) is 1. The van der Waals surface area contributed by atoms with E-state index in [2.05, 4.69) is 0 Å². The smallest absolute Gasteiger partial charge is 0.333 e. The second kappa shape index (κ2) is 6.48. The zero-order valence-corrected chi connectivity index (χ0v) is 16.0. The Morgan fingerprint density at radius 2 is 2.00 bits per heavy atom. The number of carbonyl (C=O) groups excluding carboxylic acids is 3. The Labute approximate surface area is 153 Å². The van der Waals surface area contributed by atoms with Crippen molar-refractivity contribution in [2.24, 2.45) is 29.1 Å². The van der Waals surface area contributed by atoms with Crippen LogP contribution in [0, 0.1) is 29.1 Å². The first-order chi connectivity index (χ1) is 12.1. The van der Waals surface area contributed by atoms with Crippen LogP contribution in [0.5, 0.6) is 0 Å². The molecule has 3 aliphatic rings. The van der Waals surface area contributed by atoms with Crippen molar-refractivity contribution in [1.29, 1.82) is 0 Å². The molecule has 0 amide bonds. The molecule has 0 spiro atoms. The molecule has 8 atom stereocenters. The molecule has 2 saturated carbocycles. The first-order valence-corrected chi connectivity index (χ1v) is 9.38. The summed E-state index contributed by atoms with van der Waals surface area (Å²) in [5.74, 6) is -2.12. The van der Waals surface area contributed by atoms with E-state index in [1.165, 1.54) is 0 Å². The Bertz CT molecular complexity index is 667. The zero-order chi connectivity index (χ0) is 19.4. The van der Waals surface area contributed by atoms with Gasteiger partial charge in [-0.25, -0.2) is 4.79 Å². The van der Waals surface area contributed by atoms with Gasteiger partial charge in [0, 0.05) is 23.8 Å². The van der Waals surface area contributed by atoms with E-state index in [0.717, 1.165) is 0 Å². The number of hydrogen-bond acceptors (Lipinski definition) is 6. The standard InChI is InChI=1S/C20H28O6/c1-6-9(2)18(23)26-17-15-11(4)19(24)25-13(15)7-10(3)16-12(21)8-14(22)20(16,17)5/h6,10-13,15-17,21H,7-8H2,1-5H3/b9-6+/t10-,11?,12-,13-,15-,16-,17-,20-/m1/s1. The minimum atomic E-state index is -1.02. The first-order valence-electron chi connectivity index (χ1n) is 9.38. The summed E-state index contributed by atoms with van der Waals surface area (Å²) in [6.45, 7) is 8.92. The SMILES string of the molecule is C/C=C(\C)C(=O)O[C@@H]1[C@@H]2C(C)C(=O)O[C@@H]2C[C@@H](C)[C@@H]2[C@H](O)CC(=O)[C@]21C. The maximum absolute atomic E-state index is 13.0. The molecule has 0 bridgehead atoms. The highest BCUT2D eigenvalue weighted by Crippen LogP contribution is 2.56. The van der Waals surface area contributed by atoms with E-state index < -0.39 is 35.6 Å². The third-order valence-electron chi connectivity index (χ3n) is 6.90. The molecule has 0 aromatic heterocycles. The lowest BCUT2D eigenvalue weighted by molar-refractivity contribution is -0.165. The molecule has 0 aromatic carbocycles. The second-order valence-electron chi connectivity index (χ2n) is 8.36. The van der Waals surface area contributed by atoms with Crippen LogP contribution in [-0.4, -0.2) is 41.1 Å². The topological polar surface area (TPSA) is 89.9 Å². The van der Waals surface area contributed by atoms with Crippen molar-refractivity contribution < 1.29 is 29.0 Å². The van der Waals surface area contributed by atoms with Crippen molar-refractivity contribution in [2.45, 2.75) is 65.8 Å². The van der Waals surface area contributed by atoms with Crippen LogP contribution in [0.1, 0.15) is 47.5 Å². The first kappa shape index (κ1) is 19.1. The highest BCUT2D eigenvalue weighted by molar-refractivity contribution is 5.91. The largest absolute Gasteiger partial charge is 0.462 e. The van der Waals surface area contributed by atoms with E-state index in [1.807, 2.05) is 6.92 Å². The van der Waals surface area contributed by atoms with Crippen molar-refractivity contribution in [3.05, 3.63) is 11.6 Å². The summed E-state index contributed by atoms with van der Waals surface area (Å²) in [7, 11) is 0. The molecular weight excluding hydrogens is 336 g/mol. The van der Waals surface area contributed by atoms with Gasteiger partial charge < -0.3 is 14.6 Å². The molecule has 1 saturated heterocycles. The van der Waals surface area contributed by atoms with Gasteiger partial charge in [0.05, 0.1) is 17.4 Å². The number of fused-ring (bicyclic) bond motifs is 2. The molecule has 1 unspecified atom stereocenters. The number of allylic oxidation sites excluding steroid dienone is 1. The second-order valence-corrected chi connectivity index (χ2v) is 8.36. The highest BCUT2D eigenvalue weighted by atomic mass is 16.6. The van der Waals surface area contributed by atoms with Gasteiger partial charge in [-0.3, -0.25) is 9.59 Å². The van der Waals surface area contributed by atoms with Crippen LogP contribution in [0.15, 0.2) is 11.6 Å². The molecule has 1 aliphatic heterocycles. The van der Waals surface area contributed by atoms with Crippen LogP contribution >= 0.6 is 0 Å². The number of rotatable bonds is 2. The molecule has 2 aliphatic carbocycles. The molecule has 26 heavy (non-hydrogen) atoms. The van der Waals surface area contributed by atoms with Gasteiger partial charge in [-0.1, -0.05) is 19.9 Å². The van der Waals surface area contributed by atoms with Crippen LogP contribution in [0.3, 0.4) is 0 Å². The van der Waals surface area contributed by atoms with Gasteiger partial charge in [0.25, 0.3) is 0 Å². The third-order valence-corrected chi connectivity index (χ3v) is 6.90. The number of aliphatic hydroxyl groups excluding tert-OH is 1. The van der Waals surface area contributed by atoms with Gasteiger partial charge in [0.2, 0.25) is 0 Å². The van der Waals surface area contributed by atoms with Crippen molar-refractivity contribution in [2.75, 3.05) is 0 Å². The molecule has 1 heterocycles. The Hall–Kier alpha value is -1.69. The van der Waals surface area contributed by atoms with Crippen LogP contribution in [-0.2, 0) is 23.9 Å². The molecule has 3 fully saturated rings. The van der Waals surface area contributed by atoms with Gasteiger partial charge >= 0.3 is 11.9 Å². The highest BCUT2D eigenvalue weighted by Gasteiger charge is 2.66. The van der Waals surface area contributed by atoms with Crippen molar-refractivity contribution in [3.63, 3.8) is 0 Å². The Kier molecular flexibility index (Phi) is 4.76. The Morgan fingerprint density at radius 3 is 2.62 bits per heavy atom. The summed E-state index contributed by atoms with van der Waals surface area (Å²) >= 11 is 0. The monoisotopic (exact) mass is 364 g/mol. The lowest BCUT2D eigenvalue weighted by Crippen LogP contribution is -2.51. The van der Waals surface area contributed by atoms with E-state index in [0.29, 0.717) is 12.0 Å². The number of carbonyl (C=O) groups is 3. The number of esters is 2. The fourth-order valence-electron chi connectivity index (χ4n) is 5.36. The predicted octanol–water partition coefficient (Wildman–Crippen LogP) is 2.04. The zero-order valence-electron chi connectivity index (χ0n) is 16.0. The number of aliphatic hydroxyl groups is 1. The van der Waals surface area contributed by atoms with Gasteiger partial charge in [-0.2, -0.15) is 0 Å². The normalized spacial score (nSPS) is 45.6. The van der Waals surface area contributed by atoms with E-state index in [1.54, 1.807) is 33.8 Å². The van der Waals surface area contributed by atoms with E-state index in [4.69, 9.17) is 9.47 Å². The van der Waals surface area contributed by atoms with E-state index >= 15 is 0 Å². The maximum Gasteiger partial charge on any atom is 0.333 e. The Morgan fingerprint density at radius 1 is 1.35 bits per heavy atom. The molecular formula is C20H28O6. The van der Waals surface area contributed by atoms with Crippen molar-refractivity contribution >= 4 is 17.7 Å². The molecule has 0 aromatic rings. The predicted molar refractivity (Wildman–Crippen MR) is 92.9 cm³/mol. The Balaban J connectivity index is 2.10. The molecule has 1 N–H and O–H groups in total. The maximum atomic E-state index is 13.0. The molecule has 6 heteroatoms. The van der Waals surface area contributed by atoms with Crippen LogP contribution in [0.25, 0.3) is 0 Å². The van der Waals surface area contributed by atoms with Gasteiger partial charge in [0.1, 0.15) is 18.0 Å². The van der Waals surface area contributed by atoms with Crippen LogP contribution in [0.2, 0.25) is 0 Å². The van der Waals surface area contributed by atoms with Crippen molar-refractivity contribution in [1.82, 2.24) is 0 Å². The van der Waals surface area contributed by atoms with Crippen LogP contribution in [0.4, 0.5) is 0 Å². The van der Waals surface area contributed by atoms with Gasteiger partial charge in [-0.15, -0.1) is 0 Å². The van der Waals surface area contributed by atoms with Gasteiger partial charge in [-0.05, 0) is 33.1 Å². The molecule has 144 valence electrons. The van der Waals surface area contributed by atoms with Crippen LogP contribution < -0.4 is 0 Å². The van der Waals surface area contributed by atoms with Gasteiger partial charge in [0.15, 0.2) is 0 Å². The summed E-state index contributed by atoms with van der Waals surface area (Å²) in [6, 6.07) is 0. The lowest BCUT2D eigenvalue weighted by Gasteiger charge is -2.40. The summed E-state index contributed by atoms with van der Waals surface area (Å²) in [5, 5.41) is 10.6. The summed E-state index contributed by atoms with van der Waals surface area (Å²) in [5.41, 5.74) is -0.577. The molecule has 6 nitrogen and oxygen atoms in total. The average molecular weight is 364 g/mol. The average Bonchev–Trinajstić information content (AvgIpc) is 2.94. The minimum absolute atomic E-state index is 0.0291. The fourth-order valence-corrected chi connectivity index (χ4v) is 5.36. The summed E-state index contributed by atoms with van der Waals surface area (Å²) < 4.78 is 11.4. The summed E-state index contributed by atoms with van der Waals surface area (Å²) in [4.78, 5) is 37.7. The lowest BCUT2D eigenvalue weighted by atomic mass is 9.66. The molecule has 3 rings (SSSR count). The third kappa shape index (κ3) is 2.61. The number of ketones is 1. The van der Waals surface area contributed by atoms with Crippen molar-refractivity contribution in [3.8, 4) is 0 Å². The summed E-state index contributed by atoms with van der Waals surface area (Å²) in [6.07, 6.45) is 0.306. The quantitative estimate of drug-likeness (QED) is 0.596. The number of ether oxygens (including phenoxy) is 2. The van der Waals surface area contributed by atoms with E-state index in [-0.39, 0.29) is 35.9 Å². The number of Topliss-reactive ketones (excluding diaryl/α,β-unsaturated/α-hetero) is 1. The molecule has 0 radical (unpaired) electrons.